The van der Waals surface area contributed by atoms with E-state index in [1.54, 1.807) is 0 Å². The van der Waals surface area contributed by atoms with Crippen molar-refractivity contribution in [1.82, 2.24) is 9.80 Å². The van der Waals surface area contributed by atoms with E-state index in [0.29, 0.717) is 51.7 Å². The number of carbonyl (C=O) groups is 2. The second-order valence-electron chi connectivity index (χ2n) is 7.89. The first-order valence-electron chi connectivity index (χ1n) is 10.0. The van der Waals surface area contributed by atoms with E-state index in [2.05, 4.69) is 0 Å². The van der Waals surface area contributed by atoms with Crippen LogP contribution in [0.2, 0.25) is 0 Å². The summed E-state index contributed by atoms with van der Waals surface area (Å²) in [7, 11) is 0. The van der Waals surface area contributed by atoms with Gasteiger partial charge in [-0.2, -0.15) is 0 Å². The van der Waals surface area contributed by atoms with Crippen LogP contribution in [-0.4, -0.2) is 67.0 Å². The molecule has 150 valence electrons. The lowest BCUT2D eigenvalue weighted by atomic mass is 9.86. The van der Waals surface area contributed by atoms with Crippen LogP contribution in [0.3, 0.4) is 0 Å². The van der Waals surface area contributed by atoms with E-state index >= 15 is 0 Å². The Balaban J connectivity index is 0.00000243. The summed E-state index contributed by atoms with van der Waals surface area (Å²) in [5.41, 5.74) is 6.21. The zero-order chi connectivity index (χ0) is 17.6. The van der Waals surface area contributed by atoms with Crippen molar-refractivity contribution in [1.29, 1.82) is 0 Å². The van der Waals surface area contributed by atoms with Gasteiger partial charge in [0, 0.05) is 45.8 Å². The van der Waals surface area contributed by atoms with Gasteiger partial charge >= 0.3 is 0 Å². The van der Waals surface area contributed by atoms with E-state index in [1.165, 1.54) is 32.1 Å². The molecular weight excluding hydrogens is 354 g/mol. The highest BCUT2D eigenvalue weighted by molar-refractivity contribution is 5.85. The zero-order valence-corrected chi connectivity index (χ0v) is 16.6. The molecule has 0 radical (unpaired) electrons. The number of nitrogens with two attached hydrogens (primary N) is 1. The Labute approximate surface area is 163 Å². The van der Waals surface area contributed by atoms with Crippen LogP contribution in [0.15, 0.2) is 0 Å². The van der Waals surface area contributed by atoms with Gasteiger partial charge in [0.25, 0.3) is 0 Å². The molecule has 26 heavy (non-hydrogen) atoms. The summed E-state index contributed by atoms with van der Waals surface area (Å²) in [6.45, 7) is 3.94. The number of piperazine rings is 1. The monoisotopic (exact) mass is 387 g/mol. The minimum absolute atomic E-state index is 0. The van der Waals surface area contributed by atoms with Crippen LogP contribution in [0.25, 0.3) is 0 Å². The maximum Gasteiger partial charge on any atom is 0.239 e. The number of nitrogens with zero attached hydrogens (tertiary/aromatic N) is 2. The van der Waals surface area contributed by atoms with E-state index < -0.39 is 6.04 Å². The Kier molecular flexibility index (Phi) is 8.64. The number of amides is 2. The Morgan fingerprint density at radius 2 is 1.50 bits per heavy atom. The van der Waals surface area contributed by atoms with Crippen molar-refractivity contribution in [3.8, 4) is 0 Å². The summed E-state index contributed by atoms with van der Waals surface area (Å²) < 4.78 is 5.35. The molecule has 0 bridgehead atoms. The summed E-state index contributed by atoms with van der Waals surface area (Å²) in [6.07, 6.45) is 8.68. The van der Waals surface area contributed by atoms with Crippen LogP contribution >= 0.6 is 12.4 Å². The summed E-state index contributed by atoms with van der Waals surface area (Å²) in [4.78, 5) is 28.9. The van der Waals surface area contributed by atoms with Crippen LogP contribution in [0.4, 0.5) is 0 Å². The minimum Gasteiger partial charge on any atom is -0.381 e. The molecule has 3 aliphatic rings. The standard InChI is InChI=1S/C19H33N3O3.ClH/c20-18(16-6-12-25-13-7-16)19(24)22-10-8-21(9-11-22)17(23)14-15-4-2-1-3-5-15;/h15-16,18H,1-14,20H2;1H. The van der Waals surface area contributed by atoms with E-state index in [-0.39, 0.29) is 30.1 Å². The van der Waals surface area contributed by atoms with Gasteiger partial charge in [0.1, 0.15) is 0 Å². The van der Waals surface area contributed by atoms with E-state index in [0.717, 1.165) is 12.8 Å². The summed E-state index contributed by atoms with van der Waals surface area (Å²) in [5, 5.41) is 0. The van der Waals surface area contributed by atoms with Crippen molar-refractivity contribution >= 4 is 24.2 Å². The molecule has 1 atom stereocenters. The molecule has 0 aromatic carbocycles. The summed E-state index contributed by atoms with van der Waals surface area (Å²) in [5.74, 6) is 1.12. The maximum absolute atomic E-state index is 12.6. The van der Waals surface area contributed by atoms with E-state index in [1.807, 2.05) is 9.80 Å². The van der Waals surface area contributed by atoms with Gasteiger partial charge in [0.2, 0.25) is 11.8 Å². The fourth-order valence-electron chi connectivity index (χ4n) is 4.43. The maximum atomic E-state index is 12.6. The topological polar surface area (TPSA) is 75.9 Å². The third-order valence-corrected chi connectivity index (χ3v) is 6.19. The SMILES string of the molecule is Cl.NC(C(=O)N1CCN(C(=O)CC2CCCCC2)CC1)C1CCOCC1. The molecule has 2 aliphatic heterocycles. The highest BCUT2D eigenvalue weighted by Crippen LogP contribution is 2.27. The van der Waals surface area contributed by atoms with Gasteiger partial charge in [-0.3, -0.25) is 9.59 Å². The van der Waals surface area contributed by atoms with E-state index in [9.17, 15) is 9.59 Å². The quantitative estimate of drug-likeness (QED) is 0.798. The lowest BCUT2D eigenvalue weighted by Crippen LogP contribution is -2.56. The first-order chi connectivity index (χ1) is 12.1. The van der Waals surface area contributed by atoms with Crippen LogP contribution in [0, 0.1) is 11.8 Å². The fourth-order valence-corrected chi connectivity index (χ4v) is 4.43. The molecule has 2 heterocycles. The van der Waals surface area contributed by atoms with Gasteiger partial charge < -0.3 is 20.3 Å². The van der Waals surface area contributed by atoms with Crippen molar-refractivity contribution in [2.24, 2.45) is 17.6 Å². The lowest BCUT2D eigenvalue weighted by molar-refractivity contribution is -0.142. The van der Waals surface area contributed by atoms with Crippen LogP contribution < -0.4 is 5.73 Å². The first kappa shape index (κ1) is 21.5. The molecule has 1 aliphatic carbocycles. The van der Waals surface area contributed by atoms with Gasteiger partial charge in [0.05, 0.1) is 6.04 Å². The van der Waals surface area contributed by atoms with Gasteiger partial charge in [-0.05, 0) is 37.5 Å². The van der Waals surface area contributed by atoms with Gasteiger partial charge in [-0.25, -0.2) is 0 Å². The van der Waals surface area contributed by atoms with Crippen LogP contribution in [0.1, 0.15) is 51.4 Å². The van der Waals surface area contributed by atoms with Crippen molar-refractivity contribution in [3.05, 3.63) is 0 Å². The van der Waals surface area contributed by atoms with Crippen LogP contribution in [0.5, 0.6) is 0 Å². The number of rotatable bonds is 4. The highest BCUT2D eigenvalue weighted by atomic mass is 35.5. The highest BCUT2D eigenvalue weighted by Gasteiger charge is 2.32. The fraction of sp³-hybridized carbons (Fsp3) is 0.895. The molecule has 1 unspecified atom stereocenters. The molecule has 7 heteroatoms. The number of ether oxygens (including phenoxy) is 1. The van der Waals surface area contributed by atoms with Gasteiger partial charge in [0.15, 0.2) is 0 Å². The molecule has 3 rings (SSSR count). The minimum atomic E-state index is -0.423. The van der Waals surface area contributed by atoms with Crippen molar-refractivity contribution in [2.75, 3.05) is 39.4 Å². The molecular formula is C19H34ClN3O3. The van der Waals surface area contributed by atoms with Crippen molar-refractivity contribution in [2.45, 2.75) is 57.4 Å². The van der Waals surface area contributed by atoms with Crippen LogP contribution in [-0.2, 0) is 14.3 Å². The Bertz CT molecular complexity index is 457. The first-order valence-corrected chi connectivity index (χ1v) is 10.0. The molecule has 1 saturated carbocycles. The smallest absolute Gasteiger partial charge is 0.239 e. The molecule has 0 aromatic rings. The van der Waals surface area contributed by atoms with E-state index in [4.69, 9.17) is 10.5 Å². The summed E-state index contributed by atoms with van der Waals surface area (Å²) >= 11 is 0. The average molecular weight is 388 g/mol. The molecule has 0 spiro atoms. The largest absolute Gasteiger partial charge is 0.381 e. The predicted octanol–water partition coefficient (Wildman–Crippen LogP) is 1.80. The Hall–Kier alpha value is -0.850. The molecule has 3 fully saturated rings. The number of hydrogen-bond acceptors (Lipinski definition) is 4. The second kappa shape index (κ2) is 10.5. The normalized spacial score (nSPS) is 24.0. The predicted molar refractivity (Wildman–Crippen MR) is 103 cm³/mol. The Morgan fingerprint density at radius 3 is 2.12 bits per heavy atom. The molecule has 2 saturated heterocycles. The molecule has 0 aromatic heterocycles. The number of carbonyl (C=O) groups excluding carboxylic acids is 2. The second-order valence-corrected chi connectivity index (χ2v) is 7.89. The van der Waals surface area contributed by atoms with Crippen molar-refractivity contribution < 1.29 is 14.3 Å². The van der Waals surface area contributed by atoms with Gasteiger partial charge in [-0.15, -0.1) is 12.4 Å². The molecule has 2 amide bonds. The molecule has 2 N–H and O–H groups in total. The van der Waals surface area contributed by atoms with Gasteiger partial charge in [-0.1, -0.05) is 19.3 Å². The third-order valence-electron chi connectivity index (χ3n) is 6.19. The zero-order valence-electron chi connectivity index (χ0n) is 15.7. The lowest BCUT2D eigenvalue weighted by Gasteiger charge is -2.38. The van der Waals surface area contributed by atoms with Crippen molar-refractivity contribution in [3.63, 3.8) is 0 Å². The Morgan fingerprint density at radius 1 is 0.923 bits per heavy atom. The summed E-state index contributed by atoms with van der Waals surface area (Å²) in [6, 6.07) is -0.423. The molecule has 6 nitrogen and oxygen atoms in total. The average Bonchev–Trinajstić information content (AvgIpc) is 2.68. The third kappa shape index (κ3) is 5.57. The number of halogens is 1. The number of hydrogen-bond donors (Lipinski definition) is 1.